The van der Waals surface area contributed by atoms with E-state index in [4.69, 9.17) is 0 Å². The van der Waals surface area contributed by atoms with Gasteiger partial charge in [-0.2, -0.15) is 0 Å². The molecule has 0 atom stereocenters. The Balaban J connectivity index is 2.22. The van der Waals surface area contributed by atoms with E-state index in [0.29, 0.717) is 16.2 Å². The standard InChI is InChI=1S/C16H15FOS/c1-11-5-3-6-13(9-11)10-19-16-14(12(2)18)7-4-8-15(16)17/h3-9H,10H2,1-2H3. The Hall–Kier alpha value is -1.61. The fourth-order valence-corrected chi connectivity index (χ4v) is 2.95. The molecule has 2 rings (SSSR count). The molecular formula is C16H15FOS. The van der Waals surface area contributed by atoms with Gasteiger partial charge in [-0.1, -0.05) is 42.0 Å². The molecular weight excluding hydrogens is 259 g/mol. The summed E-state index contributed by atoms with van der Waals surface area (Å²) in [7, 11) is 0. The fourth-order valence-electron chi connectivity index (χ4n) is 1.89. The number of hydrogen-bond acceptors (Lipinski definition) is 2. The minimum atomic E-state index is -0.328. The summed E-state index contributed by atoms with van der Waals surface area (Å²) in [6.45, 7) is 3.49. The van der Waals surface area contributed by atoms with Crippen molar-refractivity contribution in [3.8, 4) is 0 Å². The summed E-state index contributed by atoms with van der Waals surface area (Å²) in [4.78, 5) is 11.9. The molecule has 0 amide bonds. The van der Waals surface area contributed by atoms with Gasteiger partial charge in [0.1, 0.15) is 5.82 Å². The molecule has 1 nitrogen and oxygen atoms in total. The maximum atomic E-state index is 13.8. The molecule has 0 heterocycles. The van der Waals surface area contributed by atoms with E-state index < -0.39 is 0 Å². The zero-order valence-corrected chi connectivity index (χ0v) is 11.8. The Kier molecular flexibility index (Phi) is 4.38. The van der Waals surface area contributed by atoms with Crippen molar-refractivity contribution in [2.45, 2.75) is 24.5 Å². The molecule has 2 aromatic rings. The summed E-state index contributed by atoms with van der Waals surface area (Å²) in [5.74, 6) is 0.222. The first-order chi connectivity index (χ1) is 9.08. The predicted octanol–water partition coefficient (Wildman–Crippen LogP) is 4.63. The van der Waals surface area contributed by atoms with E-state index >= 15 is 0 Å². The Labute approximate surface area is 116 Å². The lowest BCUT2D eigenvalue weighted by molar-refractivity contribution is 0.101. The normalized spacial score (nSPS) is 10.5. The summed E-state index contributed by atoms with van der Waals surface area (Å²) < 4.78 is 13.8. The summed E-state index contributed by atoms with van der Waals surface area (Å²) in [6, 6.07) is 12.7. The van der Waals surface area contributed by atoms with Crippen LogP contribution in [0.15, 0.2) is 47.4 Å². The highest BCUT2D eigenvalue weighted by Gasteiger charge is 2.12. The third kappa shape index (κ3) is 3.44. The van der Waals surface area contributed by atoms with Crippen LogP contribution in [0.2, 0.25) is 0 Å². The molecule has 0 aliphatic heterocycles. The summed E-state index contributed by atoms with van der Waals surface area (Å²) >= 11 is 1.37. The quantitative estimate of drug-likeness (QED) is 0.597. The number of ketones is 1. The second-order valence-corrected chi connectivity index (χ2v) is 5.44. The monoisotopic (exact) mass is 274 g/mol. The van der Waals surface area contributed by atoms with Crippen LogP contribution in [0.3, 0.4) is 0 Å². The summed E-state index contributed by atoms with van der Waals surface area (Å²) in [5, 5.41) is 0. The van der Waals surface area contributed by atoms with E-state index in [-0.39, 0.29) is 11.6 Å². The molecule has 19 heavy (non-hydrogen) atoms. The van der Waals surface area contributed by atoms with Crippen molar-refractivity contribution in [3.63, 3.8) is 0 Å². The Morgan fingerprint density at radius 2 is 1.95 bits per heavy atom. The van der Waals surface area contributed by atoms with Gasteiger partial charge in [0.05, 0.1) is 4.90 Å². The van der Waals surface area contributed by atoms with Crippen LogP contribution in [0.4, 0.5) is 4.39 Å². The van der Waals surface area contributed by atoms with Gasteiger partial charge in [0.2, 0.25) is 0 Å². The first-order valence-corrected chi connectivity index (χ1v) is 7.04. The first kappa shape index (κ1) is 13.8. The molecule has 0 unspecified atom stereocenters. The van der Waals surface area contributed by atoms with Gasteiger partial charge < -0.3 is 0 Å². The second-order valence-electron chi connectivity index (χ2n) is 4.45. The first-order valence-electron chi connectivity index (χ1n) is 6.05. The SMILES string of the molecule is CC(=O)c1cccc(F)c1SCc1cccc(C)c1. The van der Waals surface area contributed by atoms with E-state index in [1.165, 1.54) is 30.3 Å². The molecule has 0 radical (unpaired) electrons. The highest BCUT2D eigenvalue weighted by atomic mass is 32.2. The number of aryl methyl sites for hydroxylation is 1. The van der Waals surface area contributed by atoms with E-state index in [9.17, 15) is 9.18 Å². The molecule has 98 valence electrons. The molecule has 0 N–H and O–H groups in total. The van der Waals surface area contributed by atoms with Crippen molar-refractivity contribution >= 4 is 17.5 Å². The number of benzene rings is 2. The zero-order chi connectivity index (χ0) is 13.8. The minimum Gasteiger partial charge on any atom is -0.294 e. The van der Waals surface area contributed by atoms with Crippen molar-refractivity contribution in [3.05, 3.63) is 65.0 Å². The van der Waals surface area contributed by atoms with Crippen molar-refractivity contribution in [2.75, 3.05) is 0 Å². The number of thioether (sulfide) groups is 1. The molecule has 0 bridgehead atoms. The maximum Gasteiger partial charge on any atom is 0.161 e. The average molecular weight is 274 g/mol. The van der Waals surface area contributed by atoms with E-state index in [1.807, 2.05) is 25.1 Å². The maximum absolute atomic E-state index is 13.8. The van der Waals surface area contributed by atoms with Crippen LogP contribution >= 0.6 is 11.8 Å². The van der Waals surface area contributed by atoms with Crippen LogP contribution < -0.4 is 0 Å². The third-order valence-electron chi connectivity index (χ3n) is 2.81. The van der Waals surface area contributed by atoms with Crippen LogP contribution in [0.5, 0.6) is 0 Å². The van der Waals surface area contributed by atoms with Crippen molar-refractivity contribution in [2.24, 2.45) is 0 Å². The molecule has 0 aromatic heterocycles. The number of carbonyl (C=O) groups is 1. The highest BCUT2D eigenvalue weighted by molar-refractivity contribution is 7.98. The second kappa shape index (κ2) is 6.02. The largest absolute Gasteiger partial charge is 0.294 e. The molecule has 3 heteroatoms. The van der Waals surface area contributed by atoms with Gasteiger partial charge in [-0.25, -0.2) is 4.39 Å². The Morgan fingerprint density at radius 3 is 2.63 bits per heavy atom. The van der Waals surface area contributed by atoms with E-state index in [1.54, 1.807) is 12.1 Å². The molecule has 2 aromatic carbocycles. The van der Waals surface area contributed by atoms with Crippen LogP contribution in [0.1, 0.15) is 28.4 Å². The van der Waals surface area contributed by atoms with Crippen molar-refractivity contribution in [1.29, 1.82) is 0 Å². The number of rotatable bonds is 4. The number of hydrogen-bond donors (Lipinski definition) is 0. The van der Waals surface area contributed by atoms with Crippen LogP contribution in [0, 0.1) is 12.7 Å². The van der Waals surface area contributed by atoms with E-state index in [2.05, 4.69) is 6.07 Å². The lowest BCUT2D eigenvalue weighted by atomic mass is 10.1. The number of Topliss-reactive ketones (excluding diaryl/α,β-unsaturated/α-hetero) is 1. The molecule has 0 aliphatic carbocycles. The Morgan fingerprint density at radius 1 is 1.21 bits per heavy atom. The summed E-state index contributed by atoms with van der Waals surface area (Å²) in [5.41, 5.74) is 2.76. The van der Waals surface area contributed by atoms with Gasteiger partial charge in [0.25, 0.3) is 0 Å². The minimum absolute atomic E-state index is 0.105. The lowest BCUT2D eigenvalue weighted by Crippen LogP contribution is -1.98. The molecule has 0 fully saturated rings. The van der Waals surface area contributed by atoms with Gasteiger partial charge in [-0.05, 0) is 25.5 Å². The average Bonchev–Trinajstić information content (AvgIpc) is 2.37. The van der Waals surface area contributed by atoms with Gasteiger partial charge >= 0.3 is 0 Å². The predicted molar refractivity (Wildman–Crippen MR) is 77.1 cm³/mol. The number of carbonyl (C=O) groups excluding carboxylic acids is 1. The summed E-state index contributed by atoms with van der Waals surface area (Å²) in [6.07, 6.45) is 0. The molecule has 0 aliphatic rings. The van der Waals surface area contributed by atoms with Crippen molar-refractivity contribution in [1.82, 2.24) is 0 Å². The highest BCUT2D eigenvalue weighted by Crippen LogP contribution is 2.29. The lowest BCUT2D eigenvalue weighted by Gasteiger charge is -2.08. The van der Waals surface area contributed by atoms with Crippen LogP contribution in [-0.4, -0.2) is 5.78 Å². The van der Waals surface area contributed by atoms with E-state index in [0.717, 1.165) is 5.56 Å². The van der Waals surface area contributed by atoms with Crippen molar-refractivity contribution < 1.29 is 9.18 Å². The van der Waals surface area contributed by atoms with Crippen LogP contribution in [-0.2, 0) is 5.75 Å². The Bertz CT molecular complexity index is 607. The molecule has 0 saturated carbocycles. The smallest absolute Gasteiger partial charge is 0.161 e. The molecule has 0 saturated heterocycles. The topological polar surface area (TPSA) is 17.1 Å². The third-order valence-corrected chi connectivity index (χ3v) is 3.99. The number of halogens is 1. The van der Waals surface area contributed by atoms with Gasteiger partial charge in [-0.3, -0.25) is 4.79 Å². The van der Waals surface area contributed by atoms with Gasteiger partial charge in [-0.15, -0.1) is 11.8 Å². The fraction of sp³-hybridized carbons (Fsp3) is 0.188. The van der Waals surface area contributed by atoms with Crippen LogP contribution in [0.25, 0.3) is 0 Å². The van der Waals surface area contributed by atoms with Gasteiger partial charge in [0.15, 0.2) is 5.78 Å². The zero-order valence-electron chi connectivity index (χ0n) is 10.9. The molecule has 0 spiro atoms. The van der Waals surface area contributed by atoms with Gasteiger partial charge in [0, 0.05) is 11.3 Å².